The maximum atomic E-state index is 13.3. The first-order valence-electron chi connectivity index (χ1n) is 7.71. The molecule has 8 nitrogen and oxygen atoms in total. The molecule has 1 amide bonds. The van der Waals surface area contributed by atoms with E-state index in [1.165, 1.54) is 18.2 Å². The van der Waals surface area contributed by atoms with E-state index in [1.54, 1.807) is 10.6 Å². The molecule has 0 fully saturated rings. The lowest BCUT2D eigenvalue weighted by atomic mass is 10.3. The van der Waals surface area contributed by atoms with E-state index in [4.69, 9.17) is 5.73 Å². The van der Waals surface area contributed by atoms with E-state index in [2.05, 4.69) is 25.2 Å². The number of amides is 1. The molecule has 130 valence electrons. The Kier molecular flexibility index (Phi) is 3.81. The molecule has 4 rings (SSSR count). The molecule has 2 heterocycles. The molecule has 0 aliphatic carbocycles. The molecule has 2 aromatic carbocycles. The first-order chi connectivity index (χ1) is 12.6. The number of hydrogen-bond donors (Lipinski definition) is 2. The summed E-state index contributed by atoms with van der Waals surface area (Å²) in [6.45, 7) is -0.0708. The highest BCUT2D eigenvalue weighted by Crippen LogP contribution is 2.26. The van der Waals surface area contributed by atoms with Crippen molar-refractivity contribution in [2.24, 2.45) is 0 Å². The standard InChI is InChI=1S/C17H13FN6O2/c18-10-4-3-5-11(8-10)20-14(25)9-24-13-7-2-1-6-12(13)21-17(24)15-16(19)23-26-22-15/h1-8H,9H2,(H2,19,23)(H,20,25). The summed E-state index contributed by atoms with van der Waals surface area (Å²) in [5.41, 5.74) is 7.78. The zero-order valence-corrected chi connectivity index (χ0v) is 13.4. The minimum atomic E-state index is -0.432. The third-order valence-corrected chi connectivity index (χ3v) is 3.79. The molecule has 0 saturated heterocycles. The molecular weight excluding hydrogens is 339 g/mol. The number of nitrogens with two attached hydrogens (primary N) is 1. The van der Waals surface area contributed by atoms with Crippen molar-refractivity contribution in [3.63, 3.8) is 0 Å². The molecule has 0 unspecified atom stereocenters. The molecule has 3 N–H and O–H groups in total. The van der Waals surface area contributed by atoms with Gasteiger partial charge in [0.2, 0.25) is 5.91 Å². The lowest BCUT2D eigenvalue weighted by Crippen LogP contribution is -2.19. The predicted octanol–water partition coefficient (Wildman–Crippen LogP) is 2.45. The molecule has 2 aromatic heterocycles. The van der Waals surface area contributed by atoms with Crippen LogP contribution in [0.25, 0.3) is 22.6 Å². The second-order valence-electron chi connectivity index (χ2n) is 5.57. The predicted molar refractivity (Wildman–Crippen MR) is 92.5 cm³/mol. The van der Waals surface area contributed by atoms with Crippen LogP contribution in [-0.2, 0) is 11.3 Å². The Morgan fingerprint density at radius 2 is 2.04 bits per heavy atom. The molecule has 26 heavy (non-hydrogen) atoms. The highest BCUT2D eigenvalue weighted by Gasteiger charge is 2.20. The largest absolute Gasteiger partial charge is 0.379 e. The zero-order chi connectivity index (χ0) is 18.1. The average molecular weight is 352 g/mol. The summed E-state index contributed by atoms with van der Waals surface area (Å²) in [5.74, 6) is -0.348. The van der Waals surface area contributed by atoms with Crippen molar-refractivity contribution >= 4 is 28.4 Å². The van der Waals surface area contributed by atoms with Crippen LogP contribution in [0, 0.1) is 5.82 Å². The first kappa shape index (κ1) is 15.8. The van der Waals surface area contributed by atoms with Gasteiger partial charge in [-0.2, -0.15) is 0 Å². The summed E-state index contributed by atoms with van der Waals surface area (Å²) < 4.78 is 19.6. The van der Waals surface area contributed by atoms with Crippen LogP contribution >= 0.6 is 0 Å². The van der Waals surface area contributed by atoms with Gasteiger partial charge in [0.15, 0.2) is 17.3 Å². The van der Waals surface area contributed by atoms with E-state index in [0.29, 0.717) is 17.0 Å². The lowest BCUT2D eigenvalue weighted by Gasteiger charge is -2.09. The number of para-hydroxylation sites is 2. The Morgan fingerprint density at radius 3 is 2.81 bits per heavy atom. The number of fused-ring (bicyclic) bond motifs is 1. The van der Waals surface area contributed by atoms with Crippen LogP contribution in [0.1, 0.15) is 0 Å². The summed E-state index contributed by atoms with van der Waals surface area (Å²) >= 11 is 0. The number of nitrogens with zero attached hydrogens (tertiary/aromatic N) is 4. The number of aromatic nitrogens is 4. The van der Waals surface area contributed by atoms with Gasteiger partial charge < -0.3 is 15.6 Å². The molecule has 0 aliphatic rings. The number of carbonyl (C=O) groups is 1. The maximum absolute atomic E-state index is 13.3. The Hall–Kier alpha value is -3.75. The number of anilines is 2. The van der Waals surface area contributed by atoms with Crippen LogP contribution < -0.4 is 11.1 Å². The summed E-state index contributed by atoms with van der Waals surface area (Å²) in [4.78, 5) is 16.9. The number of hydrogen-bond acceptors (Lipinski definition) is 6. The number of rotatable bonds is 4. The summed E-state index contributed by atoms with van der Waals surface area (Å²) in [5, 5.41) is 9.98. The van der Waals surface area contributed by atoms with Crippen LogP contribution in [0.4, 0.5) is 15.9 Å². The zero-order valence-electron chi connectivity index (χ0n) is 13.4. The third-order valence-electron chi connectivity index (χ3n) is 3.79. The van der Waals surface area contributed by atoms with Gasteiger partial charge in [-0.25, -0.2) is 14.0 Å². The number of nitrogen functional groups attached to an aromatic ring is 1. The van der Waals surface area contributed by atoms with Crippen molar-refractivity contribution in [2.75, 3.05) is 11.1 Å². The molecule has 0 spiro atoms. The molecule has 9 heteroatoms. The van der Waals surface area contributed by atoms with Gasteiger partial charge in [0.25, 0.3) is 0 Å². The first-order valence-corrected chi connectivity index (χ1v) is 7.71. The van der Waals surface area contributed by atoms with E-state index < -0.39 is 5.82 Å². The van der Waals surface area contributed by atoms with Gasteiger partial charge in [-0.05, 0) is 40.6 Å². The van der Waals surface area contributed by atoms with E-state index in [0.717, 1.165) is 5.52 Å². The van der Waals surface area contributed by atoms with Crippen LogP contribution in [-0.4, -0.2) is 25.8 Å². The van der Waals surface area contributed by atoms with Crippen LogP contribution in [0.3, 0.4) is 0 Å². The van der Waals surface area contributed by atoms with Crippen molar-refractivity contribution < 1.29 is 13.8 Å². The number of nitrogens with one attached hydrogen (secondary N) is 1. The van der Waals surface area contributed by atoms with Gasteiger partial charge in [-0.1, -0.05) is 18.2 Å². The van der Waals surface area contributed by atoms with Crippen LogP contribution in [0.15, 0.2) is 53.2 Å². The number of imidazole rings is 1. The van der Waals surface area contributed by atoms with Crippen LogP contribution in [0.2, 0.25) is 0 Å². The van der Waals surface area contributed by atoms with E-state index in [-0.39, 0.29) is 24.0 Å². The molecule has 0 saturated carbocycles. The van der Waals surface area contributed by atoms with Crippen molar-refractivity contribution in [1.82, 2.24) is 19.9 Å². The molecule has 0 radical (unpaired) electrons. The number of halogens is 1. The number of carbonyl (C=O) groups excluding carboxylic acids is 1. The minimum absolute atomic E-state index is 0.0708. The average Bonchev–Trinajstić information content (AvgIpc) is 3.18. The smallest absolute Gasteiger partial charge is 0.244 e. The Labute approximate surface area is 146 Å². The maximum Gasteiger partial charge on any atom is 0.244 e. The fraction of sp³-hybridized carbons (Fsp3) is 0.0588. The monoisotopic (exact) mass is 352 g/mol. The summed E-state index contributed by atoms with van der Waals surface area (Å²) in [6, 6.07) is 13.0. The molecule has 0 bridgehead atoms. The second-order valence-corrected chi connectivity index (χ2v) is 5.57. The summed E-state index contributed by atoms with van der Waals surface area (Å²) in [7, 11) is 0. The second kappa shape index (κ2) is 6.28. The van der Waals surface area contributed by atoms with Crippen molar-refractivity contribution in [3.8, 4) is 11.5 Å². The fourth-order valence-corrected chi connectivity index (χ4v) is 2.68. The molecular formula is C17H13FN6O2. The molecule has 0 aliphatic heterocycles. The van der Waals surface area contributed by atoms with E-state index in [1.807, 2.05) is 24.3 Å². The van der Waals surface area contributed by atoms with Gasteiger partial charge in [-0.3, -0.25) is 4.79 Å². The van der Waals surface area contributed by atoms with Crippen molar-refractivity contribution in [2.45, 2.75) is 6.54 Å². The normalized spacial score (nSPS) is 11.0. The highest BCUT2D eigenvalue weighted by atomic mass is 19.1. The van der Waals surface area contributed by atoms with Gasteiger partial charge >= 0.3 is 0 Å². The Balaban J connectivity index is 1.71. The summed E-state index contributed by atoms with van der Waals surface area (Å²) in [6.07, 6.45) is 0. The van der Waals surface area contributed by atoms with Gasteiger partial charge in [0.05, 0.1) is 11.0 Å². The van der Waals surface area contributed by atoms with E-state index >= 15 is 0 Å². The fourth-order valence-electron chi connectivity index (χ4n) is 2.68. The topological polar surface area (TPSA) is 112 Å². The number of benzene rings is 2. The van der Waals surface area contributed by atoms with Gasteiger partial charge in [0.1, 0.15) is 12.4 Å². The minimum Gasteiger partial charge on any atom is -0.379 e. The molecule has 4 aromatic rings. The molecule has 0 atom stereocenters. The quantitative estimate of drug-likeness (QED) is 0.583. The highest BCUT2D eigenvalue weighted by molar-refractivity contribution is 5.92. The third kappa shape index (κ3) is 2.86. The van der Waals surface area contributed by atoms with Crippen molar-refractivity contribution in [3.05, 3.63) is 54.3 Å². The van der Waals surface area contributed by atoms with Crippen LogP contribution in [0.5, 0.6) is 0 Å². The van der Waals surface area contributed by atoms with Gasteiger partial charge in [0, 0.05) is 5.69 Å². The SMILES string of the molecule is Nc1nonc1-c1nc2ccccc2n1CC(=O)Nc1cccc(F)c1. The van der Waals surface area contributed by atoms with Gasteiger partial charge in [-0.15, -0.1) is 0 Å². The Morgan fingerprint density at radius 1 is 1.19 bits per heavy atom. The Bertz CT molecular complexity index is 1100. The van der Waals surface area contributed by atoms with Crippen molar-refractivity contribution in [1.29, 1.82) is 0 Å². The van der Waals surface area contributed by atoms with E-state index in [9.17, 15) is 9.18 Å². The lowest BCUT2D eigenvalue weighted by molar-refractivity contribution is -0.116.